The van der Waals surface area contributed by atoms with Gasteiger partial charge in [0, 0.05) is 41.9 Å². The second-order valence-electron chi connectivity index (χ2n) is 8.64. The number of hydrogen-bond donors (Lipinski definition) is 3. The summed E-state index contributed by atoms with van der Waals surface area (Å²) in [6.07, 6.45) is 11.2. The van der Waals surface area contributed by atoms with Gasteiger partial charge in [0.25, 0.3) is 0 Å². The van der Waals surface area contributed by atoms with Crippen molar-refractivity contribution in [1.29, 1.82) is 0 Å². The van der Waals surface area contributed by atoms with Gasteiger partial charge < -0.3 is 16.4 Å². The second kappa shape index (κ2) is 12.4. The van der Waals surface area contributed by atoms with Gasteiger partial charge in [-0.05, 0) is 52.3 Å². The second-order valence-corrected chi connectivity index (χ2v) is 8.64. The van der Waals surface area contributed by atoms with Crippen molar-refractivity contribution in [3.63, 3.8) is 0 Å². The summed E-state index contributed by atoms with van der Waals surface area (Å²) in [6, 6.07) is 0. The number of aliphatic imine (C=N–C) groups is 1. The molecular formula is C30H36N4O. The van der Waals surface area contributed by atoms with E-state index < -0.39 is 0 Å². The van der Waals surface area contributed by atoms with Gasteiger partial charge in [-0.25, -0.2) is 0 Å². The van der Waals surface area contributed by atoms with Crippen LogP contribution in [0.15, 0.2) is 111 Å². The smallest absolute Gasteiger partial charge is 0.212 e. The van der Waals surface area contributed by atoms with Crippen molar-refractivity contribution in [3.05, 3.63) is 106 Å². The molecule has 0 atom stereocenters. The van der Waals surface area contributed by atoms with Crippen molar-refractivity contribution in [3.8, 4) is 11.8 Å². The van der Waals surface area contributed by atoms with Crippen molar-refractivity contribution in [2.75, 3.05) is 6.54 Å². The summed E-state index contributed by atoms with van der Waals surface area (Å²) in [6.45, 7) is 22.4. The monoisotopic (exact) mass is 468 g/mol. The number of allylic oxidation sites excluding steroid dienone is 12. The Kier molecular flexibility index (Phi) is 9.66. The minimum Gasteiger partial charge on any atom is -0.396 e. The van der Waals surface area contributed by atoms with Gasteiger partial charge in [-0.2, -0.15) is 0 Å². The molecule has 0 fully saturated rings. The molecule has 0 aromatic heterocycles. The van der Waals surface area contributed by atoms with E-state index in [-0.39, 0.29) is 5.78 Å². The van der Waals surface area contributed by atoms with E-state index in [4.69, 9.17) is 10.7 Å². The van der Waals surface area contributed by atoms with Crippen LogP contribution < -0.4 is 16.4 Å². The number of nitrogens with two attached hydrogens (primary N) is 1. The largest absolute Gasteiger partial charge is 0.396 e. The first-order valence-electron chi connectivity index (χ1n) is 11.6. The SMILES string of the molecule is C=C(C)C(C)=CCC(=N/C(C)=C/C=C\C)C(=C)NCC1=CC(NC2=C(N)C(=C)C2=O)=C(C)C#CC1. The maximum atomic E-state index is 12.1. The Labute approximate surface area is 210 Å². The highest BCUT2D eigenvalue weighted by molar-refractivity contribution is 6.18. The topological polar surface area (TPSA) is 79.5 Å². The van der Waals surface area contributed by atoms with Crippen molar-refractivity contribution in [2.45, 2.75) is 47.5 Å². The summed E-state index contributed by atoms with van der Waals surface area (Å²) in [4.78, 5) is 16.9. The van der Waals surface area contributed by atoms with Crippen LogP contribution in [0.3, 0.4) is 0 Å². The number of carbonyl (C=O) groups excluding carboxylic acids is 1. The number of carbonyl (C=O) groups is 1. The van der Waals surface area contributed by atoms with Gasteiger partial charge in [0.1, 0.15) is 5.70 Å². The summed E-state index contributed by atoms with van der Waals surface area (Å²) < 4.78 is 0. The normalized spacial score (nSPS) is 17.1. The van der Waals surface area contributed by atoms with Gasteiger partial charge in [-0.15, -0.1) is 0 Å². The zero-order valence-electron chi connectivity index (χ0n) is 21.6. The Morgan fingerprint density at radius 3 is 2.63 bits per heavy atom. The summed E-state index contributed by atoms with van der Waals surface area (Å²) in [7, 11) is 0. The Morgan fingerprint density at radius 2 is 2.00 bits per heavy atom. The third-order valence-corrected chi connectivity index (χ3v) is 5.69. The quantitative estimate of drug-likeness (QED) is 0.163. The molecule has 2 aliphatic rings. The van der Waals surface area contributed by atoms with Crippen LogP contribution in [0.2, 0.25) is 0 Å². The first-order chi connectivity index (χ1) is 16.5. The zero-order chi connectivity index (χ0) is 26.1. The molecule has 0 aliphatic heterocycles. The van der Waals surface area contributed by atoms with E-state index in [0.717, 1.165) is 45.1 Å². The van der Waals surface area contributed by atoms with E-state index in [1.54, 1.807) is 0 Å². The molecule has 0 aromatic rings. The Hall–Kier alpha value is -4.04. The van der Waals surface area contributed by atoms with Crippen LogP contribution in [-0.2, 0) is 4.79 Å². The molecule has 2 rings (SSSR count). The number of nitrogens with zero attached hydrogens (tertiary/aromatic N) is 1. The number of nitrogens with one attached hydrogen (secondary N) is 2. The zero-order valence-corrected chi connectivity index (χ0v) is 21.6. The van der Waals surface area contributed by atoms with Crippen LogP contribution in [0.5, 0.6) is 0 Å². The van der Waals surface area contributed by atoms with E-state index in [1.165, 1.54) is 0 Å². The van der Waals surface area contributed by atoms with Gasteiger partial charge in [0.2, 0.25) is 5.78 Å². The molecule has 0 unspecified atom stereocenters. The molecule has 5 nitrogen and oxygen atoms in total. The molecule has 4 N–H and O–H groups in total. The fourth-order valence-corrected chi connectivity index (χ4v) is 3.18. The minimum absolute atomic E-state index is 0.165. The maximum absolute atomic E-state index is 12.1. The predicted octanol–water partition coefficient (Wildman–Crippen LogP) is 5.43. The minimum atomic E-state index is -0.165. The summed E-state index contributed by atoms with van der Waals surface area (Å²) in [5.74, 6) is 6.14. The highest BCUT2D eigenvalue weighted by Crippen LogP contribution is 2.25. The van der Waals surface area contributed by atoms with Gasteiger partial charge in [-0.1, -0.05) is 61.0 Å². The molecule has 0 radical (unpaired) electrons. The number of hydrogen-bond acceptors (Lipinski definition) is 5. The molecule has 0 aromatic carbocycles. The molecule has 35 heavy (non-hydrogen) atoms. The molecule has 0 amide bonds. The molecule has 0 spiro atoms. The van der Waals surface area contributed by atoms with Crippen LogP contribution in [0.1, 0.15) is 47.5 Å². The molecule has 2 aliphatic carbocycles. The predicted molar refractivity (Wildman–Crippen MR) is 148 cm³/mol. The van der Waals surface area contributed by atoms with E-state index in [1.807, 2.05) is 58.9 Å². The first-order valence-corrected chi connectivity index (χ1v) is 11.6. The molecule has 0 bridgehead atoms. The van der Waals surface area contributed by atoms with E-state index in [0.29, 0.717) is 36.4 Å². The fourth-order valence-electron chi connectivity index (χ4n) is 3.18. The fraction of sp³-hybridized carbons (Fsp3) is 0.267. The maximum Gasteiger partial charge on any atom is 0.212 e. The summed E-state index contributed by atoms with van der Waals surface area (Å²) in [5, 5.41) is 6.56. The van der Waals surface area contributed by atoms with Gasteiger partial charge in [-0.3, -0.25) is 9.79 Å². The molecule has 182 valence electrons. The summed E-state index contributed by atoms with van der Waals surface area (Å²) in [5.41, 5.74) is 14.3. The van der Waals surface area contributed by atoms with Crippen LogP contribution in [0.25, 0.3) is 0 Å². The van der Waals surface area contributed by atoms with E-state index in [9.17, 15) is 4.79 Å². The van der Waals surface area contributed by atoms with Gasteiger partial charge >= 0.3 is 0 Å². The Bertz CT molecular complexity index is 1230. The van der Waals surface area contributed by atoms with Crippen molar-refractivity contribution in [2.24, 2.45) is 10.7 Å². The highest BCUT2D eigenvalue weighted by Gasteiger charge is 2.30. The van der Waals surface area contributed by atoms with Crippen molar-refractivity contribution >= 4 is 11.5 Å². The average molecular weight is 469 g/mol. The Morgan fingerprint density at radius 1 is 1.29 bits per heavy atom. The third kappa shape index (κ3) is 7.48. The van der Waals surface area contributed by atoms with Crippen LogP contribution in [-0.4, -0.2) is 18.0 Å². The van der Waals surface area contributed by atoms with Gasteiger partial charge in [0.05, 0.1) is 17.1 Å². The van der Waals surface area contributed by atoms with Crippen molar-refractivity contribution < 1.29 is 4.79 Å². The molecule has 0 heterocycles. The summed E-state index contributed by atoms with van der Waals surface area (Å²) >= 11 is 0. The molecule has 0 saturated carbocycles. The van der Waals surface area contributed by atoms with Crippen LogP contribution >= 0.6 is 0 Å². The van der Waals surface area contributed by atoms with Crippen LogP contribution in [0.4, 0.5) is 0 Å². The number of rotatable bonds is 11. The number of Topliss-reactive ketones (excluding diaryl/α,β-unsaturated/α-hetero) is 1. The molecule has 5 heteroatoms. The Balaban J connectivity index is 2.21. The van der Waals surface area contributed by atoms with Crippen molar-refractivity contribution in [1.82, 2.24) is 10.6 Å². The van der Waals surface area contributed by atoms with E-state index in [2.05, 4.69) is 48.3 Å². The number of ketones is 1. The van der Waals surface area contributed by atoms with Gasteiger partial charge in [0.15, 0.2) is 0 Å². The average Bonchev–Trinajstić information content (AvgIpc) is 3.01. The molecule has 0 saturated heterocycles. The lowest BCUT2D eigenvalue weighted by Gasteiger charge is -2.23. The van der Waals surface area contributed by atoms with E-state index >= 15 is 0 Å². The lowest BCUT2D eigenvalue weighted by molar-refractivity contribution is -0.113. The molecular weight excluding hydrogens is 432 g/mol. The first kappa shape index (κ1) is 27.2. The third-order valence-electron chi connectivity index (χ3n) is 5.69. The lowest BCUT2D eigenvalue weighted by atomic mass is 9.93. The highest BCUT2D eigenvalue weighted by atomic mass is 16.1. The lowest BCUT2D eigenvalue weighted by Crippen LogP contribution is -2.35. The van der Waals surface area contributed by atoms with Crippen LogP contribution in [0, 0.1) is 11.8 Å². The standard InChI is InChI=1S/C30H36N4O/c1-9-10-13-22(6)33-26(16-15-20(4)19(2)3)24(8)32-18-25-14-11-12-21(5)27(17-25)34-29-28(31)23(7)30(29)35/h9-10,13,15,17,32,34H,2,7-8,14,16,18,31H2,1,3-6H3/b10-9-,20-15?,22-13+,33-26?.